The van der Waals surface area contributed by atoms with Gasteiger partial charge in [-0.25, -0.2) is 4.98 Å². The molecular weight excluding hydrogens is 186 g/mol. The van der Waals surface area contributed by atoms with Gasteiger partial charge in [-0.2, -0.15) is 0 Å². The fourth-order valence-corrected chi connectivity index (χ4v) is 1.06. The Kier molecular flexibility index (Phi) is 2.61. The molecule has 0 radical (unpaired) electrons. The lowest BCUT2D eigenvalue weighted by Gasteiger charge is -1.91. The Morgan fingerprint density at radius 2 is 1.80 bits per heavy atom. The molecule has 0 atom stereocenters. The van der Waals surface area contributed by atoms with Crippen LogP contribution in [-0.2, 0) is 0 Å². The van der Waals surface area contributed by atoms with E-state index in [1.807, 2.05) is 18.2 Å². The highest BCUT2D eigenvalue weighted by Gasteiger charge is 1.88. The molecule has 2 rings (SSSR count). The second-order valence-electron chi connectivity index (χ2n) is 2.96. The Labute approximate surface area is 88.0 Å². The van der Waals surface area contributed by atoms with Crippen molar-refractivity contribution in [2.24, 2.45) is 0 Å². The van der Waals surface area contributed by atoms with E-state index in [0.717, 1.165) is 11.1 Å². The second-order valence-corrected chi connectivity index (χ2v) is 2.96. The van der Waals surface area contributed by atoms with E-state index in [4.69, 9.17) is 5.73 Å². The predicted molar refractivity (Wildman–Crippen MR) is 58.9 cm³/mol. The molecule has 15 heavy (non-hydrogen) atoms. The quantitative estimate of drug-likeness (QED) is 0.647. The third-order valence-corrected chi connectivity index (χ3v) is 1.80. The van der Waals surface area contributed by atoms with Crippen molar-refractivity contribution in [3.8, 4) is 11.8 Å². The molecule has 0 aliphatic rings. The van der Waals surface area contributed by atoms with Crippen LogP contribution >= 0.6 is 0 Å². The van der Waals surface area contributed by atoms with Crippen molar-refractivity contribution < 1.29 is 0 Å². The van der Waals surface area contributed by atoms with Crippen molar-refractivity contribution in [3.63, 3.8) is 0 Å². The normalized spacial score (nSPS) is 9.07. The number of hydrogen-bond acceptors (Lipinski definition) is 3. The molecule has 0 fully saturated rings. The first kappa shape index (κ1) is 9.22. The van der Waals surface area contributed by atoms with E-state index < -0.39 is 0 Å². The van der Waals surface area contributed by atoms with E-state index >= 15 is 0 Å². The minimum Gasteiger partial charge on any atom is -0.384 e. The summed E-state index contributed by atoms with van der Waals surface area (Å²) in [5.41, 5.74) is 7.19. The Balaban J connectivity index is 2.22. The van der Waals surface area contributed by atoms with Gasteiger partial charge in [0.2, 0.25) is 0 Å². The number of nitrogen functional groups attached to an aromatic ring is 1. The number of rotatable bonds is 0. The van der Waals surface area contributed by atoms with E-state index in [0.29, 0.717) is 5.82 Å². The molecule has 3 nitrogen and oxygen atoms in total. The van der Waals surface area contributed by atoms with Crippen LogP contribution in [-0.4, -0.2) is 9.97 Å². The number of anilines is 1. The number of aromatic nitrogens is 2. The molecule has 3 heteroatoms. The molecule has 2 aromatic heterocycles. The summed E-state index contributed by atoms with van der Waals surface area (Å²) < 4.78 is 0. The van der Waals surface area contributed by atoms with Crippen molar-refractivity contribution in [1.29, 1.82) is 0 Å². The van der Waals surface area contributed by atoms with Gasteiger partial charge >= 0.3 is 0 Å². The maximum Gasteiger partial charge on any atom is 0.123 e. The predicted octanol–water partition coefficient (Wildman–Crippen LogP) is 1.46. The summed E-state index contributed by atoms with van der Waals surface area (Å²) in [6.45, 7) is 0. The first-order valence-electron chi connectivity index (χ1n) is 4.48. The van der Waals surface area contributed by atoms with Gasteiger partial charge in [0.25, 0.3) is 0 Å². The molecule has 72 valence electrons. The molecule has 2 N–H and O–H groups in total. The Morgan fingerprint density at radius 1 is 1.00 bits per heavy atom. The third kappa shape index (κ3) is 2.55. The van der Waals surface area contributed by atoms with E-state index in [9.17, 15) is 0 Å². The molecule has 0 aliphatic heterocycles. The number of nitrogens with zero attached hydrogens (tertiary/aromatic N) is 2. The maximum absolute atomic E-state index is 5.46. The van der Waals surface area contributed by atoms with E-state index in [1.54, 1.807) is 24.7 Å². The molecule has 2 aromatic rings. The summed E-state index contributed by atoms with van der Waals surface area (Å²) in [4.78, 5) is 7.92. The molecule has 2 heterocycles. The summed E-state index contributed by atoms with van der Waals surface area (Å²) in [7, 11) is 0. The first-order valence-corrected chi connectivity index (χ1v) is 4.48. The van der Waals surface area contributed by atoms with Crippen LogP contribution in [0.4, 0.5) is 5.82 Å². The van der Waals surface area contributed by atoms with Crippen molar-refractivity contribution in [2.45, 2.75) is 0 Å². The van der Waals surface area contributed by atoms with Gasteiger partial charge in [-0.15, -0.1) is 0 Å². The van der Waals surface area contributed by atoms with E-state index in [-0.39, 0.29) is 0 Å². The highest BCUT2D eigenvalue weighted by Crippen LogP contribution is 2.00. The lowest BCUT2D eigenvalue weighted by molar-refractivity contribution is 1.31. The van der Waals surface area contributed by atoms with Crippen molar-refractivity contribution in [2.75, 3.05) is 5.73 Å². The van der Waals surface area contributed by atoms with Gasteiger partial charge in [0.1, 0.15) is 5.82 Å². The van der Waals surface area contributed by atoms with Crippen molar-refractivity contribution >= 4 is 5.82 Å². The Morgan fingerprint density at radius 3 is 2.40 bits per heavy atom. The topological polar surface area (TPSA) is 51.8 Å². The van der Waals surface area contributed by atoms with E-state index in [2.05, 4.69) is 21.8 Å². The third-order valence-electron chi connectivity index (χ3n) is 1.80. The van der Waals surface area contributed by atoms with Crippen LogP contribution in [0.2, 0.25) is 0 Å². The SMILES string of the molecule is Nc1ccc(C#Cc2cccnc2)cn1. The number of nitrogens with two attached hydrogens (primary N) is 1. The van der Waals surface area contributed by atoms with Gasteiger partial charge in [-0.1, -0.05) is 11.8 Å². The Hall–Kier alpha value is -2.34. The minimum atomic E-state index is 0.502. The fraction of sp³-hybridized carbons (Fsp3) is 0. The van der Waals surface area contributed by atoms with Gasteiger partial charge < -0.3 is 5.73 Å². The molecule has 0 spiro atoms. The van der Waals surface area contributed by atoms with Crippen molar-refractivity contribution in [1.82, 2.24) is 9.97 Å². The number of pyridine rings is 2. The smallest absolute Gasteiger partial charge is 0.123 e. The van der Waals surface area contributed by atoms with Crippen LogP contribution in [0.5, 0.6) is 0 Å². The maximum atomic E-state index is 5.46. The lowest BCUT2D eigenvalue weighted by atomic mass is 10.2. The van der Waals surface area contributed by atoms with Crippen LogP contribution in [0.1, 0.15) is 11.1 Å². The summed E-state index contributed by atoms with van der Waals surface area (Å²) in [5, 5.41) is 0. The van der Waals surface area contributed by atoms with Gasteiger partial charge in [0, 0.05) is 29.7 Å². The summed E-state index contributed by atoms with van der Waals surface area (Å²) in [6.07, 6.45) is 5.09. The highest BCUT2D eigenvalue weighted by atomic mass is 14.8. The Bertz CT molecular complexity index is 492. The summed E-state index contributed by atoms with van der Waals surface area (Å²) in [6, 6.07) is 7.33. The summed E-state index contributed by atoms with van der Waals surface area (Å²) >= 11 is 0. The van der Waals surface area contributed by atoms with E-state index in [1.165, 1.54) is 0 Å². The highest BCUT2D eigenvalue weighted by molar-refractivity contribution is 5.42. The standard InChI is InChI=1S/C12H9N3/c13-12-6-5-11(9-15-12)4-3-10-2-1-7-14-8-10/h1-2,5-9H,(H2,13,15). The molecular formula is C12H9N3. The van der Waals surface area contributed by atoms with Crippen LogP contribution in [0.3, 0.4) is 0 Å². The van der Waals surface area contributed by atoms with Crippen LogP contribution in [0.25, 0.3) is 0 Å². The molecule has 0 bridgehead atoms. The average molecular weight is 195 g/mol. The molecule has 0 saturated heterocycles. The minimum absolute atomic E-state index is 0.502. The monoisotopic (exact) mass is 195 g/mol. The van der Waals surface area contributed by atoms with Gasteiger partial charge in [0.15, 0.2) is 0 Å². The largest absolute Gasteiger partial charge is 0.384 e. The molecule has 0 amide bonds. The van der Waals surface area contributed by atoms with Gasteiger partial charge in [-0.3, -0.25) is 4.98 Å². The van der Waals surface area contributed by atoms with Crippen molar-refractivity contribution in [3.05, 3.63) is 54.0 Å². The average Bonchev–Trinajstić information content (AvgIpc) is 2.30. The number of hydrogen-bond donors (Lipinski definition) is 1. The van der Waals surface area contributed by atoms with Crippen LogP contribution < -0.4 is 5.73 Å². The molecule has 0 unspecified atom stereocenters. The van der Waals surface area contributed by atoms with Gasteiger partial charge in [-0.05, 0) is 24.3 Å². The molecule has 0 saturated carbocycles. The molecule has 0 aromatic carbocycles. The van der Waals surface area contributed by atoms with Gasteiger partial charge in [0.05, 0.1) is 0 Å². The zero-order chi connectivity index (χ0) is 10.5. The lowest BCUT2D eigenvalue weighted by Crippen LogP contribution is -1.88. The molecule has 0 aliphatic carbocycles. The first-order chi connectivity index (χ1) is 7.34. The second kappa shape index (κ2) is 4.25. The zero-order valence-electron chi connectivity index (χ0n) is 8.01. The zero-order valence-corrected chi connectivity index (χ0v) is 8.01. The summed E-state index contributed by atoms with van der Waals surface area (Å²) in [5.74, 6) is 6.47. The van der Waals surface area contributed by atoms with Crippen LogP contribution in [0.15, 0.2) is 42.9 Å². The fourth-order valence-electron chi connectivity index (χ4n) is 1.06. The van der Waals surface area contributed by atoms with Crippen LogP contribution in [0, 0.1) is 11.8 Å².